The molecule has 0 fully saturated rings. The van der Waals surface area contributed by atoms with Crippen LogP contribution in [0.15, 0.2) is 24.3 Å². The van der Waals surface area contributed by atoms with Gasteiger partial charge in [0.25, 0.3) is 0 Å². The molecule has 5 nitrogen and oxygen atoms in total. The smallest absolute Gasteiger partial charge is 0.100 e. The molecule has 102 valence electrons. The van der Waals surface area contributed by atoms with E-state index < -0.39 is 0 Å². The molecule has 0 aliphatic heterocycles. The molecule has 0 saturated heterocycles. The van der Waals surface area contributed by atoms with E-state index >= 15 is 0 Å². The van der Waals surface area contributed by atoms with E-state index in [0.29, 0.717) is 12.5 Å². The first-order chi connectivity index (χ1) is 9.04. The van der Waals surface area contributed by atoms with Crippen molar-refractivity contribution in [3.05, 3.63) is 35.7 Å². The average Bonchev–Trinajstić information content (AvgIpc) is 2.82. The van der Waals surface area contributed by atoms with Gasteiger partial charge >= 0.3 is 0 Å². The third kappa shape index (κ3) is 2.61. The molecule has 0 unspecified atom stereocenters. The lowest BCUT2D eigenvalue weighted by atomic mass is 10.1. The zero-order valence-electron chi connectivity index (χ0n) is 12.0. The number of nitrogens with zero attached hydrogens (tertiary/aromatic N) is 4. The Morgan fingerprint density at radius 3 is 2.32 bits per heavy atom. The molecule has 0 aliphatic carbocycles. The first-order valence-corrected chi connectivity index (χ1v) is 6.47. The quantitative estimate of drug-likeness (QED) is 0.911. The summed E-state index contributed by atoms with van der Waals surface area (Å²) >= 11 is 0. The van der Waals surface area contributed by atoms with E-state index in [4.69, 9.17) is 5.73 Å². The van der Waals surface area contributed by atoms with Crippen molar-refractivity contribution >= 4 is 5.69 Å². The van der Waals surface area contributed by atoms with Crippen molar-refractivity contribution < 1.29 is 0 Å². The molecule has 2 N–H and O–H groups in total. The SMILES string of the molecule is CC(C)c1c(CN)nnn1-c1ccc(N(C)C)cc1. The van der Waals surface area contributed by atoms with Gasteiger partial charge in [-0.3, -0.25) is 0 Å². The number of rotatable bonds is 4. The summed E-state index contributed by atoms with van der Waals surface area (Å²) in [5.74, 6) is 0.335. The summed E-state index contributed by atoms with van der Waals surface area (Å²) in [6, 6.07) is 8.25. The average molecular weight is 259 g/mol. The van der Waals surface area contributed by atoms with E-state index in [1.165, 1.54) is 0 Å². The molecule has 0 saturated carbocycles. The largest absolute Gasteiger partial charge is 0.378 e. The van der Waals surface area contributed by atoms with Crippen molar-refractivity contribution in [2.24, 2.45) is 5.73 Å². The minimum absolute atomic E-state index is 0.335. The maximum atomic E-state index is 5.72. The Hall–Kier alpha value is -1.88. The van der Waals surface area contributed by atoms with Gasteiger partial charge in [0.2, 0.25) is 0 Å². The maximum Gasteiger partial charge on any atom is 0.100 e. The number of nitrogens with two attached hydrogens (primary N) is 1. The topological polar surface area (TPSA) is 60.0 Å². The number of benzene rings is 1. The van der Waals surface area contributed by atoms with Crippen LogP contribution in [-0.2, 0) is 6.54 Å². The summed E-state index contributed by atoms with van der Waals surface area (Å²) in [7, 11) is 4.05. The summed E-state index contributed by atoms with van der Waals surface area (Å²) in [6.45, 7) is 4.67. The van der Waals surface area contributed by atoms with Gasteiger partial charge in [0.15, 0.2) is 0 Å². The number of hydrogen-bond donors (Lipinski definition) is 1. The number of hydrogen-bond acceptors (Lipinski definition) is 4. The van der Waals surface area contributed by atoms with E-state index in [-0.39, 0.29) is 0 Å². The van der Waals surface area contributed by atoms with Crippen LogP contribution in [0.3, 0.4) is 0 Å². The number of aromatic nitrogens is 3. The molecule has 0 bridgehead atoms. The highest BCUT2D eigenvalue weighted by atomic mass is 15.4. The van der Waals surface area contributed by atoms with Gasteiger partial charge in [0.05, 0.1) is 11.4 Å². The van der Waals surface area contributed by atoms with Gasteiger partial charge in [-0.15, -0.1) is 5.10 Å². The lowest BCUT2D eigenvalue weighted by molar-refractivity contribution is 0.714. The molecular formula is C14H21N5. The normalized spacial score (nSPS) is 11.1. The molecule has 19 heavy (non-hydrogen) atoms. The van der Waals surface area contributed by atoms with E-state index in [9.17, 15) is 0 Å². The van der Waals surface area contributed by atoms with Crippen molar-refractivity contribution in [1.82, 2.24) is 15.0 Å². The predicted octanol–water partition coefficient (Wildman–Crippen LogP) is 1.92. The zero-order chi connectivity index (χ0) is 14.0. The summed E-state index contributed by atoms with van der Waals surface area (Å²) in [5, 5.41) is 8.39. The van der Waals surface area contributed by atoms with Gasteiger partial charge in [-0.25, -0.2) is 4.68 Å². The molecular weight excluding hydrogens is 238 g/mol. The maximum absolute atomic E-state index is 5.72. The van der Waals surface area contributed by atoms with Crippen LogP contribution in [0.5, 0.6) is 0 Å². The van der Waals surface area contributed by atoms with Crippen LogP contribution in [0.2, 0.25) is 0 Å². The summed E-state index contributed by atoms with van der Waals surface area (Å²) in [5.41, 5.74) is 9.85. The third-order valence-electron chi connectivity index (χ3n) is 3.13. The Kier molecular flexibility index (Phi) is 3.85. The molecule has 0 radical (unpaired) electrons. The van der Waals surface area contributed by atoms with Gasteiger partial charge in [-0.2, -0.15) is 0 Å². The first kappa shape index (κ1) is 13.5. The predicted molar refractivity (Wildman–Crippen MR) is 77.7 cm³/mol. The Bertz CT molecular complexity index is 539. The Morgan fingerprint density at radius 1 is 1.21 bits per heavy atom. The lowest BCUT2D eigenvalue weighted by Crippen LogP contribution is -2.10. The Labute approximate surface area is 114 Å². The van der Waals surface area contributed by atoms with E-state index in [2.05, 4.69) is 53.3 Å². The molecule has 1 aromatic carbocycles. The molecule has 5 heteroatoms. The molecule has 1 aromatic heterocycles. The Morgan fingerprint density at radius 2 is 1.84 bits per heavy atom. The molecule has 0 atom stereocenters. The minimum atomic E-state index is 0.335. The molecule has 1 heterocycles. The molecule has 2 rings (SSSR count). The monoisotopic (exact) mass is 259 g/mol. The fourth-order valence-corrected chi connectivity index (χ4v) is 2.13. The fourth-order valence-electron chi connectivity index (χ4n) is 2.13. The highest BCUT2D eigenvalue weighted by Crippen LogP contribution is 2.22. The molecule has 0 amide bonds. The van der Waals surface area contributed by atoms with Crippen molar-refractivity contribution in [2.75, 3.05) is 19.0 Å². The second kappa shape index (κ2) is 5.40. The molecule has 0 aliphatic rings. The highest BCUT2D eigenvalue weighted by molar-refractivity contribution is 5.50. The second-order valence-electron chi connectivity index (χ2n) is 5.10. The van der Waals surface area contributed by atoms with E-state index in [0.717, 1.165) is 22.8 Å². The van der Waals surface area contributed by atoms with Gasteiger partial charge in [0, 0.05) is 26.3 Å². The lowest BCUT2D eigenvalue weighted by Gasteiger charge is -2.14. The molecule has 0 spiro atoms. The number of anilines is 1. The first-order valence-electron chi connectivity index (χ1n) is 6.47. The summed E-state index contributed by atoms with van der Waals surface area (Å²) in [4.78, 5) is 2.07. The highest BCUT2D eigenvalue weighted by Gasteiger charge is 2.16. The fraction of sp³-hybridized carbons (Fsp3) is 0.429. The third-order valence-corrected chi connectivity index (χ3v) is 3.13. The summed E-state index contributed by atoms with van der Waals surface area (Å²) in [6.07, 6.45) is 0. The van der Waals surface area contributed by atoms with Crippen LogP contribution in [0.1, 0.15) is 31.2 Å². The van der Waals surface area contributed by atoms with Crippen LogP contribution < -0.4 is 10.6 Å². The van der Waals surface area contributed by atoms with Crippen molar-refractivity contribution in [3.8, 4) is 5.69 Å². The van der Waals surface area contributed by atoms with E-state index in [1.807, 2.05) is 18.8 Å². The summed E-state index contributed by atoms with van der Waals surface area (Å²) < 4.78 is 1.88. The standard InChI is InChI=1S/C14H21N5/c1-10(2)14-13(9-15)16-17-19(14)12-7-5-11(6-8-12)18(3)4/h5-8,10H,9,15H2,1-4H3. The van der Waals surface area contributed by atoms with Gasteiger partial charge in [-0.1, -0.05) is 19.1 Å². The van der Waals surface area contributed by atoms with Crippen LogP contribution in [0.25, 0.3) is 5.69 Å². The Balaban J connectivity index is 2.44. The van der Waals surface area contributed by atoms with Crippen molar-refractivity contribution in [2.45, 2.75) is 26.3 Å². The molecule has 2 aromatic rings. The van der Waals surface area contributed by atoms with Gasteiger partial charge < -0.3 is 10.6 Å². The van der Waals surface area contributed by atoms with Gasteiger partial charge in [-0.05, 0) is 30.2 Å². The van der Waals surface area contributed by atoms with E-state index in [1.54, 1.807) is 0 Å². The van der Waals surface area contributed by atoms with Crippen LogP contribution >= 0.6 is 0 Å². The van der Waals surface area contributed by atoms with Crippen LogP contribution in [0.4, 0.5) is 5.69 Å². The minimum Gasteiger partial charge on any atom is -0.378 e. The van der Waals surface area contributed by atoms with Crippen molar-refractivity contribution in [1.29, 1.82) is 0 Å². The van der Waals surface area contributed by atoms with Gasteiger partial charge in [0.1, 0.15) is 5.69 Å². The van der Waals surface area contributed by atoms with Crippen LogP contribution in [0, 0.1) is 0 Å². The second-order valence-corrected chi connectivity index (χ2v) is 5.10. The van der Waals surface area contributed by atoms with Crippen molar-refractivity contribution in [3.63, 3.8) is 0 Å². The van der Waals surface area contributed by atoms with Crippen LogP contribution in [-0.4, -0.2) is 29.1 Å². The zero-order valence-corrected chi connectivity index (χ0v) is 12.0.